The Labute approximate surface area is 145 Å². The molecule has 0 bridgehead atoms. The molecule has 24 heavy (non-hydrogen) atoms. The SMILES string of the molecule is CC(C)C(C(=O)CO)N1Cc2cc(-c3ccccc3)sc2S1(=O)=O. The Morgan fingerprint density at radius 1 is 1.29 bits per heavy atom. The Hall–Kier alpha value is -1.54. The molecule has 0 amide bonds. The molecule has 1 aromatic heterocycles. The van der Waals surface area contributed by atoms with Crippen LogP contribution >= 0.6 is 11.3 Å². The number of aliphatic hydroxyl groups excluding tert-OH is 1. The number of carbonyl (C=O) groups is 1. The first kappa shape index (κ1) is 17.3. The van der Waals surface area contributed by atoms with Crippen LogP contribution in [0, 0.1) is 5.92 Å². The van der Waals surface area contributed by atoms with Crippen LogP contribution < -0.4 is 0 Å². The fraction of sp³-hybridized carbons (Fsp3) is 0.353. The summed E-state index contributed by atoms with van der Waals surface area (Å²) in [5.74, 6) is -0.672. The normalized spacial score (nSPS) is 17.8. The third-order valence-electron chi connectivity index (χ3n) is 4.13. The molecule has 3 rings (SSSR count). The van der Waals surface area contributed by atoms with Gasteiger partial charge in [0.05, 0.1) is 6.04 Å². The van der Waals surface area contributed by atoms with Crippen LogP contribution in [0.3, 0.4) is 0 Å². The van der Waals surface area contributed by atoms with E-state index in [2.05, 4.69) is 0 Å². The van der Waals surface area contributed by atoms with E-state index >= 15 is 0 Å². The van der Waals surface area contributed by atoms with Crippen molar-refractivity contribution in [1.82, 2.24) is 4.31 Å². The van der Waals surface area contributed by atoms with Crippen LogP contribution in [0.5, 0.6) is 0 Å². The summed E-state index contributed by atoms with van der Waals surface area (Å²) in [6.45, 7) is 3.10. The van der Waals surface area contributed by atoms with Crippen molar-refractivity contribution in [3.8, 4) is 10.4 Å². The number of carbonyl (C=O) groups excluding carboxylic acids is 1. The molecule has 1 atom stereocenters. The second kappa shape index (κ2) is 6.40. The summed E-state index contributed by atoms with van der Waals surface area (Å²) in [5, 5.41) is 9.18. The molecule has 2 heterocycles. The minimum Gasteiger partial charge on any atom is -0.389 e. The summed E-state index contributed by atoms with van der Waals surface area (Å²) in [7, 11) is -3.71. The molecule has 2 aromatic rings. The molecule has 1 N–H and O–H groups in total. The predicted molar refractivity (Wildman–Crippen MR) is 93.2 cm³/mol. The maximum Gasteiger partial charge on any atom is 0.253 e. The van der Waals surface area contributed by atoms with Crippen LogP contribution in [0.4, 0.5) is 0 Å². The smallest absolute Gasteiger partial charge is 0.253 e. The average molecular weight is 365 g/mol. The molecule has 1 aromatic carbocycles. The molecule has 0 aliphatic carbocycles. The van der Waals surface area contributed by atoms with Gasteiger partial charge in [-0.05, 0) is 23.1 Å². The molecule has 5 nitrogen and oxygen atoms in total. The lowest BCUT2D eigenvalue weighted by molar-refractivity contribution is -0.126. The van der Waals surface area contributed by atoms with Crippen molar-refractivity contribution in [3.63, 3.8) is 0 Å². The van der Waals surface area contributed by atoms with Gasteiger partial charge in [0.15, 0.2) is 5.78 Å². The molecule has 7 heteroatoms. The molecular weight excluding hydrogens is 346 g/mol. The highest BCUT2D eigenvalue weighted by Crippen LogP contribution is 2.42. The van der Waals surface area contributed by atoms with E-state index in [0.29, 0.717) is 4.21 Å². The minimum atomic E-state index is -3.71. The molecule has 0 fully saturated rings. The number of hydrogen-bond acceptors (Lipinski definition) is 5. The summed E-state index contributed by atoms with van der Waals surface area (Å²) in [6.07, 6.45) is 0. The lowest BCUT2D eigenvalue weighted by Crippen LogP contribution is -2.46. The Morgan fingerprint density at radius 2 is 1.96 bits per heavy atom. The molecule has 1 unspecified atom stereocenters. The van der Waals surface area contributed by atoms with Crippen molar-refractivity contribution in [3.05, 3.63) is 42.0 Å². The number of Topliss-reactive ketones (excluding diaryl/α,β-unsaturated/α-hetero) is 1. The van der Waals surface area contributed by atoms with Gasteiger partial charge in [-0.15, -0.1) is 11.3 Å². The van der Waals surface area contributed by atoms with E-state index in [1.807, 2.05) is 36.4 Å². The number of hydrogen-bond donors (Lipinski definition) is 1. The van der Waals surface area contributed by atoms with E-state index in [-0.39, 0.29) is 12.5 Å². The molecule has 0 saturated carbocycles. The lowest BCUT2D eigenvalue weighted by Gasteiger charge is -2.27. The molecule has 1 aliphatic heterocycles. The Morgan fingerprint density at radius 3 is 2.50 bits per heavy atom. The number of benzene rings is 1. The van der Waals surface area contributed by atoms with Gasteiger partial charge in [-0.1, -0.05) is 44.2 Å². The summed E-state index contributed by atoms with van der Waals surface area (Å²) in [6, 6.07) is 10.7. The van der Waals surface area contributed by atoms with Gasteiger partial charge in [-0.3, -0.25) is 4.79 Å². The third-order valence-corrected chi connectivity index (χ3v) is 7.73. The molecule has 0 radical (unpaired) electrons. The van der Waals surface area contributed by atoms with Crippen molar-refractivity contribution < 1.29 is 18.3 Å². The highest BCUT2D eigenvalue weighted by atomic mass is 32.2. The summed E-state index contributed by atoms with van der Waals surface area (Å²) < 4.78 is 27.3. The van der Waals surface area contributed by atoms with Gasteiger partial charge in [0.1, 0.15) is 10.8 Å². The van der Waals surface area contributed by atoms with E-state index in [1.54, 1.807) is 13.8 Å². The number of ketones is 1. The van der Waals surface area contributed by atoms with Crippen molar-refractivity contribution >= 4 is 27.1 Å². The molecular formula is C17H19NO4S2. The predicted octanol–water partition coefficient (Wildman–Crippen LogP) is 2.51. The van der Waals surface area contributed by atoms with E-state index in [1.165, 1.54) is 15.6 Å². The van der Waals surface area contributed by atoms with Gasteiger partial charge in [-0.25, -0.2) is 8.42 Å². The number of rotatable bonds is 5. The quantitative estimate of drug-likeness (QED) is 0.883. The Bertz CT molecular complexity index is 856. The zero-order valence-corrected chi connectivity index (χ0v) is 15.1. The third kappa shape index (κ3) is 2.82. The number of nitrogens with zero attached hydrogens (tertiary/aromatic N) is 1. The van der Waals surface area contributed by atoms with Crippen LogP contribution in [0.1, 0.15) is 19.4 Å². The Balaban J connectivity index is 1.99. The van der Waals surface area contributed by atoms with Gasteiger partial charge in [0, 0.05) is 11.4 Å². The number of thiophene rings is 1. The number of fused-ring (bicyclic) bond motifs is 1. The van der Waals surface area contributed by atoms with Gasteiger partial charge in [-0.2, -0.15) is 4.31 Å². The van der Waals surface area contributed by atoms with Gasteiger partial charge in [0.25, 0.3) is 10.0 Å². The first-order valence-corrected chi connectivity index (χ1v) is 9.95. The maximum absolute atomic E-state index is 12.9. The zero-order valence-electron chi connectivity index (χ0n) is 13.5. The van der Waals surface area contributed by atoms with Crippen LogP contribution in [-0.2, 0) is 21.4 Å². The fourth-order valence-electron chi connectivity index (χ4n) is 3.05. The molecule has 0 saturated heterocycles. The standard InChI is InChI=1S/C17H19NO4S2/c1-11(2)16(14(20)10-19)18-9-13-8-15(12-6-4-3-5-7-12)23-17(13)24(18,21)22/h3-8,11,16,19H,9-10H2,1-2H3. The van der Waals surface area contributed by atoms with Crippen molar-refractivity contribution in [2.24, 2.45) is 5.92 Å². The summed E-state index contributed by atoms with van der Waals surface area (Å²) >= 11 is 1.23. The van der Waals surface area contributed by atoms with Crippen LogP contribution in [-0.4, -0.2) is 36.3 Å². The second-order valence-electron chi connectivity index (χ2n) is 6.15. The first-order chi connectivity index (χ1) is 11.4. The van der Waals surface area contributed by atoms with E-state index in [0.717, 1.165) is 16.0 Å². The van der Waals surface area contributed by atoms with Crippen LogP contribution in [0.25, 0.3) is 10.4 Å². The average Bonchev–Trinajstić information content (AvgIpc) is 3.07. The maximum atomic E-state index is 12.9. The van der Waals surface area contributed by atoms with E-state index in [4.69, 9.17) is 0 Å². The number of aliphatic hydroxyl groups is 1. The van der Waals surface area contributed by atoms with Crippen molar-refractivity contribution in [2.45, 2.75) is 30.6 Å². The topological polar surface area (TPSA) is 74.7 Å². The minimum absolute atomic E-state index is 0.176. The highest BCUT2D eigenvalue weighted by molar-refractivity contribution is 7.91. The lowest BCUT2D eigenvalue weighted by atomic mass is 10.00. The molecule has 1 aliphatic rings. The fourth-order valence-corrected chi connectivity index (χ4v) is 6.57. The monoisotopic (exact) mass is 365 g/mol. The van der Waals surface area contributed by atoms with Gasteiger partial charge in [0.2, 0.25) is 0 Å². The summed E-state index contributed by atoms with van der Waals surface area (Å²) in [4.78, 5) is 12.9. The van der Waals surface area contributed by atoms with Crippen molar-refractivity contribution in [1.29, 1.82) is 0 Å². The van der Waals surface area contributed by atoms with Crippen molar-refractivity contribution in [2.75, 3.05) is 6.61 Å². The second-order valence-corrected chi connectivity index (χ2v) is 9.29. The van der Waals surface area contributed by atoms with Gasteiger partial charge < -0.3 is 5.11 Å². The van der Waals surface area contributed by atoms with Crippen LogP contribution in [0.15, 0.2) is 40.6 Å². The molecule has 0 spiro atoms. The zero-order chi connectivity index (χ0) is 17.5. The van der Waals surface area contributed by atoms with E-state index in [9.17, 15) is 18.3 Å². The van der Waals surface area contributed by atoms with E-state index < -0.39 is 28.5 Å². The number of sulfonamides is 1. The largest absolute Gasteiger partial charge is 0.389 e. The van der Waals surface area contributed by atoms with Gasteiger partial charge >= 0.3 is 0 Å². The van der Waals surface area contributed by atoms with Crippen LogP contribution in [0.2, 0.25) is 0 Å². The summed E-state index contributed by atoms with van der Waals surface area (Å²) in [5.41, 5.74) is 1.70. The Kier molecular flexibility index (Phi) is 4.61. The molecule has 128 valence electrons. The first-order valence-electron chi connectivity index (χ1n) is 7.69. The highest BCUT2D eigenvalue weighted by Gasteiger charge is 2.44.